The molecular weight excluding hydrogens is 290 g/mol. The van der Waals surface area contributed by atoms with Crippen LogP contribution >= 0.6 is 0 Å². The number of rotatable bonds is 3. The lowest BCUT2D eigenvalue weighted by Crippen LogP contribution is -2.47. The maximum Gasteiger partial charge on any atom is 0.163 e. The Labute approximate surface area is 135 Å². The van der Waals surface area contributed by atoms with Gasteiger partial charge in [-0.15, -0.1) is 10.2 Å². The number of hydrogen-bond acceptors (Lipinski definition) is 7. The highest BCUT2D eigenvalue weighted by atomic mass is 15.3. The van der Waals surface area contributed by atoms with E-state index in [2.05, 4.69) is 31.1 Å². The summed E-state index contributed by atoms with van der Waals surface area (Å²) >= 11 is 0. The van der Waals surface area contributed by atoms with E-state index in [1.165, 1.54) is 0 Å². The average molecular weight is 309 g/mol. The molecule has 3 heterocycles. The standard InChI is InChI=1S/C16H19N7/c1-21(2)15-5-6-16(20-19-15)23-10-8-22(9-11-23)14-4-3-7-18-13(14)12-17/h3-7H,8-11H2,1-2H3. The van der Waals surface area contributed by atoms with Crippen LogP contribution in [-0.4, -0.2) is 55.5 Å². The maximum atomic E-state index is 9.18. The SMILES string of the molecule is CN(C)c1ccc(N2CCN(c3cccnc3C#N)CC2)nn1. The maximum absolute atomic E-state index is 9.18. The Bertz CT molecular complexity index is 697. The van der Waals surface area contributed by atoms with Crippen LogP contribution in [0, 0.1) is 11.3 Å². The van der Waals surface area contributed by atoms with Crippen LogP contribution in [0.5, 0.6) is 0 Å². The number of piperazine rings is 1. The summed E-state index contributed by atoms with van der Waals surface area (Å²) in [5.74, 6) is 1.74. The summed E-state index contributed by atoms with van der Waals surface area (Å²) < 4.78 is 0. The van der Waals surface area contributed by atoms with Gasteiger partial charge in [0.1, 0.15) is 6.07 Å². The largest absolute Gasteiger partial charge is 0.366 e. The molecular formula is C16H19N7. The summed E-state index contributed by atoms with van der Waals surface area (Å²) in [6.45, 7) is 3.35. The van der Waals surface area contributed by atoms with Crippen LogP contribution in [-0.2, 0) is 0 Å². The lowest BCUT2D eigenvalue weighted by atomic mass is 10.2. The molecule has 7 nitrogen and oxygen atoms in total. The van der Waals surface area contributed by atoms with Crippen molar-refractivity contribution in [3.05, 3.63) is 36.2 Å². The molecule has 0 bridgehead atoms. The van der Waals surface area contributed by atoms with Gasteiger partial charge in [0.05, 0.1) is 5.69 Å². The van der Waals surface area contributed by atoms with Crippen LogP contribution in [0.4, 0.5) is 17.3 Å². The normalized spacial score (nSPS) is 14.5. The molecule has 0 unspecified atom stereocenters. The molecule has 1 aliphatic rings. The van der Waals surface area contributed by atoms with Crippen molar-refractivity contribution >= 4 is 17.3 Å². The number of nitrogens with zero attached hydrogens (tertiary/aromatic N) is 7. The highest BCUT2D eigenvalue weighted by molar-refractivity contribution is 5.57. The Morgan fingerprint density at radius 1 is 1.04 bits per heavy atom. The second-order valence-corrected chi connectivity index (χ2v) is 5.60. The monoisotopic (exact) mass is 309 g/mol. The first-order chi connectivity index (χ1) is 11.2. The average Bonchev–Trinajstić information content (AvgIpc) is 2.62. The molecule has 23 heavy (non-hydrogen) atoms. The van der Waals surface area contributed by atoms with Crippen molar-refractivity contribution in [3.8, 4) is 6.07 Å². The molecule has 0 atom stereocenters. The minimum absolute atomic E-state index is 0.482. The van der Waals surface area contributed by atoms with E-state index in [0.717, 1.165) is 43.5 Å². The van der Waals surface area contributed by atoms with Crippen LogP contribution in [0.2, 0.25) is 0 Å². The summed E-state index contributed by atoms with van der Waals surface area (Å²) in [5.41, 5.74) is 1.39. The summed E-state index contributed by atoms with van der Waals surface area (Å²) in [4.78, 5) is 10.5. The van der Waals surface area contributed by atoms with E-state index in [-0.39, 0.29) is 0 Å². The van der Waals surface area contributed by atoms with Gasteiger partial charge in [0.15, 0.2) is 17.3 Å². The van der Waals surface area contributed by atoms with Crippen molar-refractivity contribution in [2.24, 2.45) is 0 Å². The first-order valence-electron chi connectivity index (χ1n) is 7.55. The molecule has 2 aromatic rings. The number of pyridine rings is 1. The van der Waals surface area contributed by atoms with Crippen molar-refractivity contribution in [2.45, 2.75) is 0 Å². The molecule has 0 aliphatic carbocycles. The van der Waals surface area contributed by atoms with E-state index in [1.54, 1.807) is 6.20 Å². The molecule has 1 fully saturated rings. The third-order valence-electron chi connectivity index (χ3n) is 3.93. The molecule has 7 heteroatoms. The topological polar surface area (TPSA) is 72.2 Å². The second-order valence-electron chi connectivity index (χ2n) is 5.60. The van der Waals surface area contributed by atoms with Gasteiger partial charge in [-0.25, -0.2) is 4.98 Å². The van der Waals surface area contributed by atoms with Gasteiger partial charge in [-0.1, -0.05) is 0 Å². The fourth-order valence-corrected chi connectivity index (χ4v) is 2.64. The van der Waals surface area contributed by atoms with E-state index in [4.69, 9.17) is 0 Å². The Kier molecular flexibility index (Phi) is 4.24. The van der Waals surface area contributed by atoms with Crippen molar-refractivity contribution in [2.75, 3.05) is 55.0 Å². The van der Waals surface area contributed by atoms with Crippen molar-refractivity contribution < 1.29 is 0 Å². The molecule has 0 amide bonds. The van der Waals surface area contributed by atoms with Gasteiger partial charge < -0.3 is 14.7 Å². The summed E-state index contributed by atoms with van der Waals surface area (Å²) in [6, 6.07) is 9.96. The lowest BCUT2D eigenvalue weighted by molar-refractivity contribution is 0.642. The predicted molar refractivity (Wildman–Crippen MR) is 89.7 cm³/mol. The zero-order valence-electron chi connectivity index (χ0n) is 13.3. The summed E-state index contributed by atoms with van der Waals surface area (Å²) in [6.07, 6.45) is 1.65. The number of hydrogen-bond donors (Lipinski definition) is 0. The van der Waals surface area contributed by atoms with Gasteiger partial charge in [-0.3, -0.25) is 0 Å². The molecule has 0 spiro atoms. The fourth-order valence-electron chi connectivity index (χ4n) is 2.64. The predicted octanol–water partition coefficient (Wildman–Crippen LogP) is 1.14. The molecule has 118 valence electrons. The number of anilines is 3. The van der Waals surface area contributed by atoms with Gasteiger partial charge in [0.25, 0.3) is 0 Å². The minimum atomic E-state index is 0.482. The molecule has 1 aliphatic heterocycles. The first-order valence-corrected chi connectivity index (χ1v) is 7.55. The molecule has 2 aromatic heterocycles. The van der Waals surface area contributed by atoms with Gasteiger partial charge >= 0.3 is 0 Å². The molecule has 3 rings (SSSR count). The molecule has 0 aromatic carbocycles. The smallest absolute Gasteiger partial charge is 0.163 e. The molecule has 0 saturated carbocycles. The van der Waals surface area contributed by atoms with Gasteiger partial charge in [-0.2, -0.15) is 5.26 Å². The zero-order chi connectivity index (χ0) is 16.2. The van der Waals surface area contributed by atoms with Crippen molar-refractivity contribution in [1.82, 2.24) is 15.2 Å². The van der Waals surface area contributed by atoms with Crippen molar-refractivity contribution in [3.63, 3.8) is 0 Å². The van der Waals surface area contributed by atoms with Gasteiger partial charge in [0.2, 0.25) is 0 Å². The van der Waals surface area contributed by atoms with Gasteiger partial charge in [0, 0.05) is 46.5 Å². The van der Waals surface area contributed by atoms with Crippen LogP contribution in [0.1, 0.15) is 5.69 Å². The van der Waals surface area contributed by atoms with E-state index in [0.29, 0.717) is 5.69 Å². The van der Waals surface area contributed by atoms with E-state index in [9.17, 15) is 5.26 Å². The minimum Gasteiger partial charge on any atom is -0.366 e. The molecule has 1 saturated heterocycles. The highest BCUT2D eigenvalue weighted by Crippen LogP contribution is 2.21. The van der Waals surface area contributed by atoms with E-state index in [1.807, 2.05) is 43.3 Å². The Morgan fingerprint density at radius 2 is 1.78 bits per heavy atom. The molecule has 0 radical (unpaired) electrons. The summed E-state index contributed by atoms with van der Waals surface area (Å²) in [5, 5.41) is 17.7. The number of aromatic nitrogens is 3. The first kappa shape index (κ1) is 15.0. The quantitative estimate of drug-likeness (QED) is 0.841. The second kappa shape index (κ2) is 6.48. The van der Waals surface area contributed by atoms with Crippen LogP contribution in [0.15, 0.2) is 30.5 Å². The Balaban J connectivity index is 1.67. The van der Waals surface area contributed by atoms with Crippen molar-refractivity contribution in [1.29, 1.82) is 5.26 Å². The van der Waals surface area contributed by atoms with Gasteiger partial charge in [-0.05, 0) is 24.3 Å². The van der Waals surface area contributed by atoms with Crippen LogP contribution in [0.3, 0.4) is 0 Å². The Hall–Kier alpha value is -2.88. The van der Waals surface area contributed by atoms with E-state index < -0.39 is 0 Å². The third-order valence-corrected chi connectivity index (χ3v) is 3.93. The third kappa shape index (κ3) is 3.16. The molecule has 0 N–H and O–H groups in total. The zero-order valence-corrected chi connectivity index (χ0v) is 13.3. The fraction of sp³-hybridized carbons (Fsp3) is 0.375. The van der Waals surface area contributed by atoms with E-state index >= 15 is 0 Å². The Morgan fingerprint density at radius 3 is 2.39 bits per heavy atom. The van der Waals surface area contributed by atoms with Crippen LogP contribution in [0.25, 0.3) is 0 Å². The highest BCUT2D eigenvalue weighted by Gasteiger charge is 2.20. The summed E-state index contributed by atoms with van der Waals surface area (Å²) in [7, 11) is 3.90. The van der Waals surface area contributed by atoms with Crippen LogP contribution < -0.4 is 14.7 Å². The lowest BCUT2D eigenvalue weighted by Gasteiger charge is -2.36. The number of nitriles is 1.